The van der Waals surface area contributed by atoms with Crippen LogP contribution >= 0.6 is 0 Å². The Labute approximate surface area is 52.6 Å². The van der Waals surface area contributed by atoms with Crippen LogP contribution in [0.3, 0.4) is 0 Å². The number of aromatic nitrogens is 1. The molecule has 0 fully saturated rings. The van der Waals surface area contributed by atoms with Gasteiger partial charge in [0.1, 0.15) is 0 Å². The third-order valence-corrected chi connectivity index (χ3v) is 0.971. The van der Waals surface area contributed by atoms with Crippen LogP contribution in [0, 0.1) is 5.95 Å². The molecule has 1 aromatic rings. The Balaban J connectivity index is 2.88. The van der Waals surface area contributed by atoms with Crippen LogP contribution in [0.1, 0.15) is 0 Å². The predicted octanol–water partition coefficient (Wildman–Crippen LogP) is -0.810. The smallest absolute Gasteiger partial charge is 0.306 e. The Morgan fingerprint density at radius 2 is 2.33 bits per heavy atom. The molecule has 1 aromatic heterocycles. The fraction of sp³-hybridized carbons (Fsp3) is 0. The molecule has 0 saturated carbocycles. The van der Waals surface area contributed by atoms with Gasteiger partial charge in [0.25, 0.3) is 0 Å². The molecule has 0 spiro atoms. The first kappa shape index (κ1) is 6.23. The van der Waals surface area contributed by atoms with E-state index in [1.165, 1.54) is 18.3 Å². The number of hydrogen-bond acceptors (Lipinski definition) is 2. The second kappa shape index (κ2) is 2.59. The van der Waals surface area contributed by atoms with Crippen molar-refractivity contribution < 1.29 is 9.41 Å². The molecule has 46 valence electrons. The zero-order chi connectivity index (χ0) is 6.69. The van der Waals surface area contributed by atoms with Crippen molar-refractivity contribution >= 4 is 12.9 Å². The number of pyridine rings is 1. The first-order valence-electron chi connectivity index (χ1n) is 2.54. The maximum atomic E-state index is 12.0. The van der Waals surface area contributed by atoms with Gasteiger partial charge in [-0.2, -0.15) is 4.39 Å². The molecule has 0 unspecified atom stereocenters. The normalized spacial score (nSPS) is 9.11. The lowest BCUT2D eigenvalue weighted by atomic mass is 9.91. The van der Waals surface area contributed by atoms with Crippen LogP contribution in [0.15, 0.2) is 18.3 Å². The van der Waals surface area contributed by atoms with E-state index < -0.39 is 5.95 Å². The number of hydrogen-bond donors (Lipinski definition) is 1. The number of halogens is 1. The molecular formula is C5H5BFNO. The van der Waals surface area contributed by atoms with E-state index in [1.54, 1.807) is 0 Å². The molecule has 0 radical (unpaired) electrons. The molecule has 0 atom stereocenters. The van der Waals surface area contributed by atoms with Crippen LogP contribution in [0.25, 0.3) is 0 Å². The Kier molecular flexibility index (Phi) is 1.79. The molecule has 1 rings (SSSR count). The molecule has 4 heteroatoms. The zero-order valence-corrected chi connectivity index (χ0v) is 4.71. The topological polar surface area (TPSA) is 33.1 Å². The Hall–Kier alpha value is -0.895. The van der Waals surface area contributed by atoms with Crippen molar-refractivity contribution in [2.75, 3.05) is 0 Å². The van der Waals surface area contributed by atoms with E-state index in [0.29, 0.717) is 5.46 Å². The quantitative estimate of drug-likeness (QED) is 0.393. The largest absolute Gasteiger partial charge is 0.449 e. The minimum atomic E-state index is -0.521. The molecule has 0 aliphatic rings. The van der Waals surface area contributed by atoms with E-state index in [2.05, 4.69) is 4.98 Å². The van der Waals surface area contributed by atoms with Crippen LogP contribution in [-0.4, -0.2) is 17.5 Å². The molecule has 0 aliphatic heterocycles. The lowest BCUT2D eigenvalue weighted by molar-refractivity contribution is 0.583. The summed E-state index contributed by atoms with van der Waals surface area (Å²) in [7, 11) is -0.0900. The minimum absolute atomic E-state index is 0.0900. The minimum Gasteiger partial charge on any atom is -0.449 e. The summed E-state index contributed by atoms with van der Waals surface area (Å²) in [6, 6.07) is 2.70. The van der Waals surface area contributed by atoms with Crippen molar-refractivity contribution in [2.24, 2.45) is 0 Å². The average Bonchev–Trinajstić information content (AvgIpc) is 1.90. The SMILES string of the molecule is OBc1ccc(F)nc1. The highest BCUT2D eigenvalue weighted by Gasteiger charge is 1.92. The fourth-order valence-corrected chi connectivity index (χ4v) is 0.500. The third kappa shape index (κ3) is 1.50. The second-order valence-corrected chi connectivity index (χ2v) is 1.65. The maximum Gasteiger partial charge on any atom is 0.306 e. The molecule has 0 aliphatic carbocycles. The summed E-state index contributed by atoms with van der Waals surface area (Å²) < 4.78 is 12.0. The van der Waals surface area contributed by atoms with Crippen molar-refractivity contribution in [2.45, 2.75) is 0 Å². The van der Waals surface area contributed by atoms with Gasteiger partial charge in [-0.1, -0.05) is 6.07 Å². The summed E-state index contributed by atoms with van der Waals surface area (Å²) >= 11 is 0. The summed E-state index contributed by atoms with van der Waals surface area (Å²) in [4.78, 5) is 3.32. The van der Waals surface area contributed by atoms with Gasteiger partial charge in [-0.15, -0.1) is 0 Å². The van der Waals surface area contributed by atoms with E-state index in [-0.39, 0.29) is 7.48 Å². The molecule has 0 amide bonds. The van der Waals surface area contributed by atoms with E-state index in [1.807, 2.05) is 0 Å². The van der Waals surface area contributed by atoms with Gasteiger partial charge in [0, 0.05) is 6.20 Å². The number of nitrogens with zero attached hydrogens (tertiary/aromatic N) is 1. The molecule has 0 bridgehead atoms. The maximum absolute atomic E-state index is 12.0. The van der Waals surface area contributed by atoms with Crippen LogP contribution in [0.5, 0.6) is 0 Å². The molecule has 1 N–H and O–H groups in total. The van der Waals surface area contributed by atoms with Gasteiger partial charge >= 0.3 is 7.48 Å². The summed E-state index contributed by atoms with van der Waals surface area (Å²) in [6.07, 6.45) is 1.30. The first-order chi connectivity index (χ1) is 4.33. The van der Waals surface area contributed by atoms with Gasteiger partial charge in [0.05, 0.1) is 0 Å². The zero-order valence-electron chi connectivity index (χ0n) is 4.71. The average molecular weight is 125 g/mol. The van der Waals surface area contributed by atoms with E-state index >= 15 is 0 Å². The number of rotatable bonds is 1. The molecule has 1 heterocycles. The van der Waals surface area contributed by atoms with Gasteiger partial charge in [-0.25, -0.2) is 4.98 Å². The summed E-state index contributed by atoms with van der Waals surface area (Å²) in [6.45, 7) is 0. The third-order valence-electron chi connectivity index (χ3n) is 0.971. The van der Waals surface area contributed by atoms with Crippen LogP contribution in [0.4, 0.5) is 4.39 Å². The van der Waals surface area contributed by atoms with E-state index in [0.717, 1.165) is 0 Å². The van der Waals surface area contributed by atoms with Gasteiger partial charge in [0.2, 0.25) is 5.95 Å². The molecule has 0 aromatic carbocycles. The van der Waals surface area contributed by atoms with Gasteiger partial charge in [-0.05, 0) is 11.5 Å². The van der Waals surface area contributed by atoms with Crippen LogP contribution in [0.2, 0.25) is 0 Å². The Morgan fingerprint density at radius 3 is 2.78 bits per heavy atom. The highest BCUT2D eigenvalue weighted by molar-refractivity contribution is 6.45. The first-order valence-corrected chi connectivity index (χ1v) is 2.54. The predicted molar refractivity (Wildman–Crippen MR) is 33.2 cm³/mol. The lowest BCUT2D eigenvalue weighted by Crippen LogP contribution is -2.13. The van der Waals surface area contributed by atoms with E-state index in [9.17, 15) is 4.39 Å². The molecule has 0 saturated heterocycles. The Bertz CT molecular complexity index is 189. The van der Waals surface area contributed by atoms with Crippen molar-refractivity contribution in [3.8, 4) is 0 Å². The van der Waals surface area contributed by atoms with Crippen molar-refractivity contribution in [1.29, 1.82) is 0 Å². The van der Waals surface area contributed by atoms with Gasteiger partial charge < -0.3 is 5.02 Å². The summed E-state index contributed by atoms with van der Waals surface area (Å²) in [5.74, 6) is -0.521. The highest BCUT2D eigenvalue weighted by atomic mass is 19.1. The molecule has 9 heavy (non-hydrogen) atoms. The van der Waals surface area contributed by atoms with E-state index in [4.69, 9.17) is 5.02 Å². The van der Waals surface area contributed by atoms with Gasteiger partial charge in [0.15, 0.2) is 0 Å². The molecular weight excluding hydrogens is 120 g/mol. The Morgan fingerprint density at radius 1 is 1.56 bits per heavy atom. The lowest BCUT2D eigenvalue weighted by Gasteiger charge is -1.89. The fourth-order valence-electron chi connectivity index (χ4n) is 0.500. The van der Waals surface area contributed by atoms with Crippen LogP contribution in [-0.2, 0) is 0 Å². The van der Waals surface area contributed by atoms with Crippen molar-refractivity contribution in [3.63, 3.8) is 0 Å². The van der Waals surface area contributed by atoms with Crippen molar-refractivity contribution in [3.05, 3.63) is 24.3 Å². The second-order valence-electron chi connectivity index (χ2n) is 1.65. The monoisotopic (exact) mass is 125 g/mol. The van der Waals surface area contributed by atoms with Crippen LogP contribution < -0.4 is 5.46 Å². The summed E-state index contributed by atoms with van der Waals surface area (Å²) in [5.41, 5.74) is 0.622. The van der Waals surface area contributed by atoms with Gasteiger partial charge in [-0.3, -0.25) is 0 Å². The molecule has 2 nitrogen and oxygen atoms in total. The highest BCUT2D eigenvalue weighted by Crippen LogP contribution is 1.84. The van der Waals surface area contributed by atoms with Crippen molar-refractivity contribution in [1.82, 2.24) is 4.98 Å². The summed E-state index contributed by atoms with van der Waals surface area (Å²) in [5, 5.41) is 8.47. The standard InChI is InChI=1S/C5H5BFNO/c7-5-2-1-4(6-9)3-8-5/h1-3,6,9H.